The number of rotatable bonds is 5. The normalized spacial score (nSPS) is 14.7. The Morgan fingerprint density at radius 3 is 2.22 bits per heavy atom. The van der Waals surface area contributed by atoms with Crippen LogP contribution in [-0.4, -0.2) is 33.9 Å². The second-order valence-electron chi connectivity index (χ2n) is 7.86. The zero-order valence-corrected chi connectivity index (χ0v) is 16.8. The molecular formula is C22H30N4O. The molecule has 1 aliphatic heterocycles. The van der Waals surface area contributed by atoms with Gasteiger partial charge in [-0.05, 0) is 48.3 Å². The monoisotopic (exact) mass is 366 g/mol. The van der Waals surface area contributed by atoms with E-state index < -0.39 is 0 Å². The molecule has 5 heteroatoms. The summed E-state index contributed by atoms with van der Waals surface area (Å²) in [5, 5.41) is 3.41. The van der Waals surface area contributed by atoms with Gasteiger partial charge in [0.15, 0.2) is 0 Å². The fourth-order valence-corrected chi connectivity index (χ4v) is 3.60. The van der Waals surface area contributed by atoms with E-state index in [9.17, 15) is 4.79 Å². The molecule has 1 fully saturated rings. The Balaban J connectivity index is 1.89. The lowest BCUT2D eigenvalue weighted by Gasteiger charge is -2.26. The first kappa shape index (κ1) is 19.3. The first-order chi connectivity index (χ1) is 13.0. The number of hydrogen-bond acceptors (Lipinski definition) is 4. The molecule has 0 atom stereocenters. The van der Waals surface area contributed by atoms with Gasteiger partial charge in [0.05, 0.1) is 0 Å². The number of nitrogens with zero attached hydrogens (tertiary/aromatic N) is 3. The van der Waals surface area contributed by atoms with Crippen molar-refractivity contribution in [3.63, 3.8) is 0 Å². The van der Waals surface area contributed by atoms with Crippen molar-refractivity contribution in [2.45, 2.75) is 58.8 Å². The predicted octanol–water partition coefficient (Wildman–Crippen LogP) is 5.09. The second-order valence-corrected chi connectivity index (χ2v) is 7.86. The van der Waals surface area contributed by atoms with E-state index in [-0.39, 0.29) is 5.91 Å². The Kier molecular flexibility index (Phi) is 6.09. The zero-order valence-electron chi connectivity index (χ0n) is 16.8. The molecule has 0 bridgehead atoms. The summed E-state index contributed by atoms with van der Waals surface area (Å²) in [5.74, 6) is 1.24. The van der Waals surface area contributed by atoms with Gasteiger partial charge in [0.2, 0.25) is 5.95 Å². The van der Waals surface area contributed by atoms with Gasteiger partial charge in [0.25, 0.3) is 5.91 Å². The van der Waals surface area contributed by atoms with E-state index in [2.05, 4.69) is 61.2 Å². The third-order valence-electron chi connectivity index (χ3n) is 5.13. The number of benzene rings is 1. The van der Waals surface area contributed by atoms with Gasteiger partial charge in [-0.1, -0.05) is 45.9 Å². The van der Waals surface area contributed by atoms with Crippen molar-refractivity contribution in [2.75, 3.05) is 18.4 Å². The van der Waals surface area contributed by atoms with Crippen molar-refractivity contribution in [2.24, 2.45) is 0 Å². The minimum absolute atomic E-state index is 0.00128. The molecule has 1 aromatic carbocycles. The molecule has 2 aromatic rings. The summed E-state index contributed by atoms with van der Waals surface area (Å²) in [7, 11) is 0. The first-order valence-corrected chi connectivity index (χ1v) is 9.99. The lowest BCUT2D eigenvalue weighted by atomic mass is 9.93. The van der Waals surface area contributed by atoms with E-state index in [0.29, 0.717) is 23.5 Å². The van der Waals surface area contributed by atoms with Crippen LogP contribution in [0, 0.1) is 0 Å². The molecule has 27 heavy (non-hydrogen) atoms. The van der Waals surface area contributed by atoms with Crippen molar-refractivity contribution in [1.29, 1.82) is 0 Å². The molecule has 0 unspecified atom stereocenters. The van der Waals surface area contributed by atoms with E-state index in [0.717, 1.165) is 31.6 Å². The fraction of sp³-hybridized carbons (Fsp3) is 0.500. The van der Waals surface area contributed by atoms with Crippen molar-refractivity contribution in [3.05, 3.63) is 47.3 Å². The molecule has 1 aromatic heterocycles. The van der Waals surface area contributed by atoms with Gasteiger partial charge in [-0.25, -0.2) is 9.97 Å². The maximum absolute atomic E-state index is 12.8. The lowest BCUT2D eigenvalue weighted by molar-refractivity contribution is 0.0718. The molecule has 2 heterocycles. The highest BCUT2D eigenvalue weighted by Gasteiger charge is 2.20. The Labute approximate surface area is 162 Å². The maximum atomic E-state index is 12.8. The maximum Gasteiger partial charge on any atom is 0.272 e. The number of carbonyl (C=O) groups excluding carboxylic acids is 1. The average molecular weight is 367 g/mol. The van der Waals surface area contributed by atoms with E-state index >= 15 is 0 Å². The summed E-state index contributed by atoms with van der Waals surface area (Å²) < 4.78 is 0. The predicted molar refractivity (Wildman–Crippen MR) is 110 cm³/mol. The van der Waals surface area contributed by atoms with Crippen molar-refractivity contribution >= 4 is 17.5 Å². The van der Waals surface area contributed by atoms with Crippen LogP contribution < -0.4 is 5.32 Å². The highest BCUT2D eigenvalue weighted by atomic mass is 16.2. The van der Waals surface area contributed by atoms with Gasteiger partial charge in [0, 0.05) is 25.0 Å². The number of anilines is 2. The van der Waals surface area contributed by atoms with Gasteiger partial charge in [-0.3, -0.25) is 4.79 Å². The molecule has 144 valence electrons. The number of aromatic nitrogens is 2. The molecule has 3 rings (SSSR count). The molecule has 1 N–H and O–H groups in total. The van der Waals surface area contributed by atoms with Crippen LogP contribution in [-0.2, 0) is 0 Å². The molecule has 1 amide bonds. The molecule has 5 nitrogen and oxygen atoms in total. The van der Waals surface area contributed by atoms with E-state index in [1.807, 2.05) is 4.90 Å². The van der Waals surface area contributed by atoms with E-state index in [1.165, 1.54) is 17.5 Å². The van der Waals surface area contributed by atoms with E-state index in [4.69, 9.17) is 0 Å². The highest BCUT2D eigenvalue weighted by Crippen LogP contribution is 2.33. The summed E-state index contributed by atoms with van der Waals surface area (Å²) >= 11 is 0. The zero-order chi connectivity index (χ0) is 19.4. The summed E-state index contributed by atoms with van der Waals surface area (Å²) in [5.41, 5.74) is 3.99. The van der Waals surface area contributed by atoms with Crippen LogP contribution in [0.5, 0.6) is 0 Å². The third-order valence-corrected chi connectivity index (χ3v) is 5.13. The van der Waals surface area contributed by atoms with Gasteiger partial charge < -0.3 is 10.2 Å². The first-order valence-electron chi connectivity index (χ1n) is 9.99. The summed E-state index contributed by atoms with van der Waals surface area (Å²) in [6.45, 7) is 10.4. The van der Waals surface area contributed by atoms with Gasteiger partial charge >= 0.3 is 0 Å². The van der Waals surface area contributed by atoms with Crippen molar-refractivity contribution < 1.29 is 4.79 Å². The van der Waals surface area contributed by atoms with Crippen LogP contribution in [0.3, 0.4) is 0 Å². The Morgan fingerprint density at radius 1 is 1.00 bits per heavy atom. The van der Waals surface area contributed by atoms with Crippen LogP contribution in [0.1, 0.15) is 80.4 Å². The minimum Gasteiger partial charge on any atom is -0.337 e. The van der Waals surface area contributed by atoms with E-state index in [1.54, 1.807) is 12.3 Å². The molecule has 0 radical (unpaired) electrons. The summed E-state index contributed by atoms with van der Waals surface area (Å²) in [4.78, 5) is 23.6. The van der Waals surface area contributed by atoms with Gasteiger partial charge in [0.1, 0.15) is 5.69 Å². The SMILES string of the molecule is CC(C)c1cccc(C(C)C)c1Nc1nccc(C(=O)N2CCCCC2)n1. The fourth-order valence-electron chi connectivity index (χ4n) is 3.60. The van der Waals surface area contributed by atoms with Crippen molar-refractivity contribution in [1.82, 2.24) is 14.9 Å². The van der Waals surface area contributed by atoms with Gasteiger partial charge in [-0.2, -0.15) is 0 Å². The number of carbonyl (C=O) groups is 1. The smallest absolute Gasteiger partial charge is 0.272 e. The average Bonchev–Trinajstić information content (AvgIpc) is 2.68. The van der Waals surface area contributed by atoms with Crippen LogP contribution in [0.4, 0.5) is 11.6 Å². The number of hydrogen-bond donors (Lipinski definition) is 1. The number of amides is 1. The lowest BCUT2D eigenvalue weighted by Crippen LogP contribution is -2.36. The van der Waals surface area contributed by atoms with Crippen LogP contribution in [0.25, 0.3) is 0 Å². The van der Waals surface area contributed by atoms with Crippen LogP contribution in [0.15, 0.2) is 30.5 Å². The number of likely N-dealkylation sites (tertiary alicyclic amines) is 1. The minimum atomic E-state index is 0.00128. The Hall–Kier alpha value is -2.43. The Morgan fingerprint density at radius 2 is 1.63 bits per heavy atom. The van der Waals surface area contributed by atoms with Crippen LogP contribution >= 0.6 is 0 Å². The van der Waals surface area contributed by atoms with Gasteiger partial charge in [-0.15, -0.1) is 0 Å². The highest BCUT2D eigenvalue weighted by molar-refractivity contribution is 5.92. The largest absolute Gasteiger partial charge is 0.337 e. The molecule has 0 saturated carbocycles. The Bertz CT molecular complexity index is 768. The number of nitrogens with one attached hydrogen (secondary N) is 1. The van der Waals surface area contributed by atoms with Crippen molar-refractivity contribution in [3.8, 4) is 0 Å². The topological polar surface area (TPSA) is 58.1 Å². The second kappa shape index (κ2) is 8.51. The molecule has 0 aliphatic carbocycles. The quantitative estimate of drug-likeness (QED) is 0.800. The molecule has 1 aliphatic rings. The molecular weight excluding hydrogens is 336 g/mol. The summed E-state index contributed by atoms with van der Waals surface area (Å²) in [6.07, 6.45) is 5.01. The van der Waals surface area contributed by atoms with Crippen LogP contribution in [0.2, 0.25) is 0 Å². The number of para-hydroxylation sites is 1. The standard InChI is InChI=1S/C22H30N4O/c1-15(2)17-9-8-10-18(16(3)4)20(17)25-22-23-12-11-19(24-22)21(27)26-13-6-5-7-14-26/h8-12,15-16H,5-7,13-14H2,1-4H3,(H,23,24,25). The molecule has 0 spiro atoms. The third kappa shape index (κ3) is 4.46. The molecule has 1 saturated heterocycles. The summed E-state index contributed by atoms with van der Waals surface area (Å²) in [6, 6.07) is 8.09. The number of piperidine rings is 1.